The Hall–Kier alpha value is -0.450. The molecule has 2 atom stereocenters. The van der Waals surface area contributed by atoms with E-state index < -0.39 is 0 Å². The second kappa shape index (κ2) is 5.05. The van der Waals surface area contributed by atoms with E-state index in [9.17, 15) is 0 Å². The van der Waals surface area contributed by atoms with Crippen LogP contribution in [0.5, 0.6) is 0 Å². The van der Waals surface area contributed by atoms with Crippen molar-refractivity contribution in [2.75, 3.05) is 6.54 Å². The third-order valence-electron chi connectivity index (χ3n) is 3.15. The van der Waals surface area contributed by atoms with Gasteiger partial charge in [0.1, 0.15) is 5.01 Å². The summed E-state index contributed by atoms with van der Waals surface area (Å²) in [4.78, 5) is 5.64. The number of aromatic nitrogens is 1. The molecular weight excluding hydrogens is 206 g/mol. The molecule has 2 unspecified atom stereocenters. The normalized spacial score (nSPS) is 26.0. The van der Waals surface area contributed by atoms with Gasteiger partial charge >= 0.3 is 0 Å². The molecule has 15 heavy (non-hydrogen) atoms. The highest BCUT2D eigenvalue weighted by Crippen LogP contribution is 2.25. The van der Waals surface area contributed by atoms with Gasteiger partial charge in [-0.3, -0.25) is 0 Å². The topological polar surface area (TPSA) is 50.9 Å². The molecule has 1 heterocycles. The van der Waals surface area contributed by atoms with E-state index in [1.807, 2.05) is 6.20 Å². The molecule has 4 heteroatoms. The van der Waals surface area contributed by atoms with Gasteiger partial charge in [-0.25, -0.2) is 4.98 Å². The molecule has 0 amide bonds. The summed E-state index contributed by atoms with van der Waals surface area (Å²) in [6.45, 7) is 3.81. The molecule has 0 aromatic carbocycles. The first-order valence-electron chi connectivity index (χ1n) is 5.64. The minimum atomic E-state index is 0.610. The number of thiazole rings is 1. The quantitative estimate of drug-likeness (QED) is 0.819. The summed E-state index contributed by atoms with van der Waals surface area (Å²) in [5.74, 6) is 0.672. The summed E-state index contributed by atoms with van der Waals surface area (Å²) in [6.07, 6.45) is 5.81. The molecule has 1 aliphatic rings. The molecule has 1 aromatic heterocycles. The molecule has 84 valence electrons. The highest BCUT2D eigenvalue weighted by Gasteiger charge is 2.25. The number of nitrogens with two attached hydrogens (primary N) is 1. The van der Waals surface area contributed by atoms with Gasteiger partial charge in [0.2, 0.25) is 0 Å². The van der Waals surface area contributed by atoms with Gasteiger partial charge in [0, 0.05) is 23.7 Å². The van der Waals surface area contributed by atoms with Gasteiger partial charge in [0.05, 0.1) is 0 Å². The van der Waals surface area contributed by atoms with Crippen LogP contribution < -0.4 is 11.1 Å². The van der Waals surface area contributed by atoms with Gasteiger partial charge in [0.15, 0.2) is 0 Å². The third-order valence-corrected chi connectivity index (χ3v) is 4.06. The number of hydrogen-bond acceptors (Lipinski definition) is 4. The first kappa shape index (κ1) is 11.0. The maximum absolute atomic E-state index is 5.74. The maximum atomic E-state index is 5.74. The van der Waals surface area contributed by atoms with Crippen LogP contribution in [0, 0.1) is 12.8 Å². The predicted molar refractivity (Wildman–Crippen MR) is 63.9 cm³/mol. The minimum absolute atomic E-state index is 0.610. The molecular formula is C11H19N3S. The molecule has 0 spiro atoms. The van der Waals surface area contributed by atoms with E-state index in [4.69, 9.17) is 5.73 Å². The molecule has 0 aliphatic heterocycles. The van der Waals surface area contributed by atoms with E-state index in [-0.39, 0.29) is 0 Å². The van der Waals surface area contributed by atoms with Crippen molar-refractivity contribution >= 4 is 11.3 Å². The SMILES string of the molecule is Cc1cnc(CNC2CCCC2CN)s1. The first-order valence-corrected chi connectivity index (χ1v) is 6.46. The van der Waals surface area contributed by atoms with Crippen molar-refractivity contribution in [3.63, 3.8) is 0 Å². The monoisotopic (exact) mass is 225 g/mol. The number of aryl methyl sites for hydroxylation is 1. The van der Waals surface area contributed by atoms with E-state index in [1.165, 1.54) is 29.1 Å². The Kier molecular flexibility index (Phi) is 3.72. The van der Waals surface area contributed by atoms with Gasteiger partial charge in [-0.15, -0.1) is 11.3 Å². The Balaban J connectivity index is 1.82. The number of nitrogens with zero attached hydrogens (tertiary/aromatic N) is 1. The third kappa shape index (κ3) is 2.77. The average Bonchev–Trinajstić information content (AvgIpc) is 2.83. The molecule has 1 aliphatic carbocycles. The zero-order valence-corrected chi connectivity index (χ0v) is 10.0. The highest BCUT2D eigenvalue weighted by molar-refractivity contribution is 7.11. The van der Waals surface area contributed by atoms with Gasteiger partial charge in [0.25, 0.3) is 0 Å². The lowest BCUT2D eigenvalue weighted by molar-refractivity contribution is 0.406. The van der Waals surface area contributed by atoms with Crippen molar-refractivity contribution < 1.29 is 0 Å². The summed E-state index contributed by atoms with van der Waals surface area (Å²) in [7, 11) is 0. The van der Waals surface area contributed by atoms with E-state index in [0.717, 1.165) is 13.1 Å². The second-order valence-corrected chi connectivity index (χ2v) is 5.60. The smallest absolute Gasteiger partial charge is 0.107 e. The van der Waals surface area contributed by atoms with Crippen molar-refractivity contribution in [3.05, 3.63) is 16.1 Å². The van der Waals surface area contributed by atoms with E-state index >= 15 is 0 Å². The summed E-state index contributed by atoms with van der Waals surface area (Å²) in [5, 5.41) is 4.77. The van der Waals surface area contributed by atoms with Crippen molar-refractivity contribution in [2.24, 2.45) is 11.7 Å². The summed E-state index contributed by atoms with van der Waals surface area (Å²) < 4.78 is 0. The fraction of sp³-hybridized carbons (Fsp3) is 0.727. The Morgan fingerprint density at radius 1 is 1.60 bits per heavy atom. The molecule has 1 aromatic rings. The zero-order chi connectivity index (χ0) is 10.7. The molecule has 3 nitrogen and oxygen atoms in total. The van der Waals surface area contributed by atoms with Crippen LogP contribution in [0.3, 0.4) is 0 Å². The highest BCUT2D eigenvalue weighted by atomic mass is 32.1. The Bertz CT molecular complexity index is 311. The van der Waals surface area contributed by atoms with Crippen molar-refractivity contribution in [1.29, 1.82) is 0 Å². The van der Waals surface area contributed by atoms with E-state index in [1.54, 1.807) is 11.3 Å². The molecule has 1 saturated carbocycles. The summed E-state index contributed by atoms with van der Waals surface area (Å²) in [6, 6.07) is 0.610. The Labute approximate surface area is 95.1 Å². The number of nitrogens with one attached hydrogen (secondary N) is 1. The molecule has 0 radical (unpaired) electrons. The lowest BCUT2D eigenvalue weighted by Gasteiger charge is -2.18. The standard InChI is InChI=1S/C11H19N3S/c1-8-6-14-11(15-8)7-13-10-4-2-3-9(10)5-12/h6,9-10,13H,2-5,7,12H2,1H3. The van der Waals surface area contributed by atoms with Crippen LogP contribution in [-0.2, 0) is 6.54 Å². The summed E-state index contributed by atoms with van der Waals surface area (Å²) in [5.41, 5.74) is 5.74. The van der Waals surface area contributed by atoms with Crippen LogP contribution in [0.25, 0.3) is 0 Å². The van der Waals surface area contributed by atoms with Crippen LogP contribution in [-0.4, -0.2) is 17.6 Å². The molecule has 2 rings (SSSR count). The Morgan fingerprint density at radius 3 is 3.13 bits per heavy atom. The maximum Gasteiger partial charge on any atom is 0.107 e. The van der Waals surface area contributed by atoms with Crippen LogP contribution in [0.4, 0.5) is 0 Å². The van der Waals surface area contributed by atoms with Crippen molar-refractivity contribution in [1.82, 2.24) is 10.3 Å². The van der Waals surface area contributed by atoms with Crippen LogP contribution >= 0.6 is 11.3 Å². The average molecular weight is 225 g/mol. The largest absolute Gasteiger partial charge is 0.330 e. The van der Waals surface area contributed by atoms with Gasteiger partial charge in [-0.1, -0.05) is 6.42 Å². The van der Waals surface area contributed by atoms with Crippen molar-refractivity contribution in [2.45, 2.75) is 38.8 Å². The van der Waals surface area contributed by atoms with Crippen molar-refractivity contribution in [3.8, 4) is 0 Å². The lowest BCUT2D eigenvalue weighted by Crippen LogP contribution is -2.35. The van der Waals surface area contributed by atoms with E-state index in [0.29, 0.717) is 12.0 Å². The van der Waals surface area contributed by atoms with Gasteiger partial charge in [-0.2, -0.15) is 0 Å². The van der Waals surface area contributed by atoms with Gasteiger partial charge in [-0.05, 0) is 32.2 Å². The zero-order valence-electron chi connectivity index (χ0n) is 9.20. The first-order chi connectivity index (χ1) is 7.29. The van der Waals surface area contributed by atoms with Crippen LogP contribution in [0.1, 0.15) is 29.1 Å². The van der Waals surface area contributed by atoms with Gasteiger partial charge < -0.3 is 11.1 Å². The molecule has 0 saturated heterocycles. The summed E-state index contributed by atoms with van der Waals surface area (Å²) >= 11 is 1.78. The fourth-order valence-electron chi connectivity index (χ4n) is 2.29. The lowest BCUT2D eigenvalue weighted by atomic mass is 10.0. The predicted octanol–water partition coefficient (Wildman–Crippen LogP) is 1.67. The molecule has 0 bridgehead atoms. The minimum Gasteiger partial charge on any atom is -0.330 e. The molecule has 3 N–H and O–H groups in total. The fourth-order valence-corrected chi connectivity index (χ4v) is 3.03. The molecule has 1 fully saturated rings. The Morgan fingerprint density at radius 2 is 2.47 bits per heavy atom. The van der Waals surface area contributed by atoms with Crippen LogP contribution in [0.2, 0.25) is 0 Å². The number of rotatable bonds is 4. The van der Waals surface area contributed by atoms with E-state index in [2.05, 4.69) is 17.2 Å². The second-order valence-electron chi connectivity index (χ2n) is 4.28. The number of hydrogen-bond donors (Lipinski definition) is 2. The van der Waals surface area contributed by atoms with Crippen LogP contribution in [0.15, 0.2) is 6.20 Å².